The first kappa shape index (κ1) is 18.9. The number of rotatable bonds is 7. The van der Waals surface area contributed by atoms with Crippen LogP contribution in [-0.2, 0) is 17.9 Å². The highest BCUT2D eigenvalue weighted by molar-refractivity contribution is 6.48. The maximum absolute atomic E-state index is 12.4. The minimum absolute atomic E-state index is 0. The molecule has 4 rings (SSSR count). The Morgan fingerprint density at radius 3 is 2.62 bits per heavy atom. The molecule has 0 bridgehead atoms. The summed E-state index contributed by atoms with van der Waals surface area (Å²) in [5.74, 6) is -0.515. The quantitative estimate of drug-likeness (QED) is 0.424. The lowest BCUT2D eigenvalue weighted by Gasteiger charge is -2.30. The third-order valence-corrected chi connectivity index (χ3v) is 5.04. The Balaban J connectivity index is 0.00000171. The molecule has 0 spiro atoms. The Kier molecular flexibility index (Phi) is 5.39. The number of hydrogen-bond donors (Lipinski definition) is 3. The van der Waals surface area contributed by atoms with Crippen LogP contribution in [0.15, 0.2) is 60.9 Å². The summed E-state index contributed by atoms with van der Waals surface area (Å²) in [5, 5.41) is 15.1. The summed E-state index contributed by atoms with van der Waals surface area (Å²) in [5.41, 5.74) is 9.51. The van der Waals surface area contributed by atoms with Gasteiger partial charge in [-0.05, 0) is 36.7 Å². The fourth-order valence-corrected chi connectivity index (χ4v) is 3.37. The van der Waals surface area contributed by atoms with E-state index in [0.717, 1.165) is 12.1 Å². The summed E-state index contributed by atoms with van der Waals surface area (Å²) in [6, 6.07) is 15.4. The van der Waals surface area contributed by atoms with E-state index in [-0.39, 0.29) is 8.56 Å². The number of nitrogen functional groups attached to an aromatic ring is 1. The molecule has 1 aromatic heterocycles. The second kappa shape index (κ2) is 8.28. The highest BCUT2D eigenvalue weighted by Gasteiger charge is 2.16. The van der Waals surface area contributed by atoms with Crippen molar-refractivity contribution in [3.63, 3.8) is 0 Å². The number of carbonyl (C=O) groups excluding carboxylic acids is 1. The van der Waals surface area contributed by atoms with Crippen LogP contribution in [0.5, 0.6) is 0 Å². The molecule has 2 heterocycles. The topological polar surface area (TPSA) is 100 Å². The minimum Gasteiger partial charge on any atom is -0.398 e. The van der Waals surface area contributed by atoms with Crippen LogP contribution >= 0.6 is 0 Å². The summed E-state index contributed by atoms with van der Waals surface area (Å²) in [4.78, 5) is 14.8. The van der Waals surface area contributed by atoms with Crippen molar-refractivity contribution in [1.82, 2.24) is 14.7 Å². The van der Waals surface area contributed by atoms with Crippen molar-refractivity contribution in [2.24, 2.45) is 0 Å². The predicted molar refractivity (Wildman–Crippen MR) is 118 cm³/mol. The number of nitrogens with two attached hydrogens (primary N) is 1. The lowest BCUT2D eigenvalue weighted by molar-refractivity contribution is -0.110. The van der Waals surface area contributed by atoms with Crippen molar-refractivity contribution in [2.75, 3.05) is 24.1 Å². The van der Waals surface area contributed by atoms with E-state index in [0.29, 0.717) is 23.5 Å². The summed E-state index contributed by atoms with van der Waals surface area (Å²) >= 11 is 0. The zero-order valence-electron chi connectivity index (χ0n) is 16.1. The molecule has 7 nitrogen and oxygen atoms in total. The Hall–Kier alpha value is -3.45. The Bertz CT molecular complexity index is 1050. The van der Waals surface area contributed by atoms with Crippen LogP contribution in [0.1, 0.15) is 26.0 Å². The molecule has 1 fully saturated rings. The zero-order chi connectivity index (χ0) is 20.2. The smallest absolute Gasteiger partial charge is 0.274 e. The van der Waals surface area contributed by atoms with Crippen LogP contribution in [0.3, 0.4) is 0 Å². The van der Waals surface area contributed by atoms with Gasteiger partial charge in [-0.1, -0.05) is 42.5 Å². The third kappa shape index (κ3) is 4.52. The standard InChI is InChI=1S/C22H24N6O.2H2/c23-20-8-2-1-7-19(20)21(24)22(29)26-18-12-25-28(15-18)14-17-6-3-5-16(11-17)13-27-9-4-10-27;;/h1-3,5-8,11-12,15,24H,4,9-10,13-14,23H2,(H,26,29);2*1H. The van der Waals surface area contributed by atoms with E-state index in [1.807, 2.05) is 0 Å². The highest BCUT2D eigenvalue weighted by Crippen LogP contribution is 2.16. The number of nitrogens with one attached hydrogen (secondary N) is 2. The van der Waals surface area contributed by atoms with E-state index in [1.165, 1.54) is 25.1 Å². The van der Waals surface area contributed by atoms with Crippen molar-refractivity contribution < 1.29 is 7.65 Å². The predicted octanol–water partition coefficient (Wildman–Crippen LogP) is 3.22. The molecule has 0 saturated carbocycles. The second-order valence-electron chi connectivity index (χ2n) is 7.29. The number of para-hydroxylation sites is 1. The fourth-order valence-electron chi connectivity index (χ4n) is 3.37. The van der Waals surface area contributed by atoms with Crippen molar-refractivity contribution in [1.29, 1.82) is 5.41 Å². The van der Waals surface area contributed by atoms with E-state index < -0.39 is 5.91 Å². The van der Waals surface area contributed by atoms with E-state index in [4.69, 9.17) is 11.1 Å². The molecular weight excluding hydrogens is 364 g/mol. The SMILES string of the molecule is N=C(C(=O)Nc1cnn(Cc2cccc(CN3CCC3)c2)c1)c1ccccc1N.[HH].[HH]. The first-order chi connectivity index (χ1) is 14.1. The maximum atomic E-state index is 12.4. The maximum Gasteiger partial charge on any atom is 0.274 e. The molecule has 0 unspecified atom stereocenters. The van der Waals surface area contributed by atoms with E-state index in [9.17, 15) is 4.79 Å². The molecule has 1 amide bonds. The summed E-state index contributed by atoms with van der Waals surface area (Å²) in [7, 11) is 0. The van der Waals surface area contributed by atoms with Gasteiger partial charge in [-0.3, -0.25) is 19.8 Å². The minimum atomic E-state index is -0.515. The van der Waals surface area contributed by atoms with Gasteiger partial charge in [0.05, 0.1) is 18.4 Å². The van der Waals surface area contributed by atoms with Crippen LogP contribution in [0, 0.1) is 5.41 Å². The lowest BCUT2D eigenvalue weighted by Crippen LogP contribution is -2.36. The Labute approximate surface area is 172 Å². The molecule has 7 heteroatoms. The van der Waals surface area contributed by atoms with E-state index in [2.05, 4.69) is 39.6 Å². The number of carbonyl (C=O) groups is 1. The molecule has 0 radical (unpaired) electrons. The lowest BCUT2D eigenvalue weighted by atomic mass is 10.1. The average Bonchev–Trinajstić information content (AvgIpc) is 3.11. The monoisotopic (exact) mass is 392 g/mol. The zero-order valence-corrected chi connectivity index (χ0v) is 16.1. The average molecular weight is 393 g/mol. The molecule has 0 aliphatic carbocycles. The molecule has 1 saturated heterocycles. The van der Waals surface area contributed by atoms with Gasteiger partial charge in [-0.2, -0.15) is 5.10 Å². The molecule has 3 aromatic rings. The van der Waals surface area contributed by atoms with Crippen LogP contribution < -0.4 is 11.1 Å². The first-order valence-corrected chi connectivity index (χ1v) is 9.66. The molecule has 4 N–H and O–H groups in total. The fraction of sp³-hybridized carbons (Fsp3) is 0.227. The van der Waals surface area contributed by atoms with Gasteiger partial charge in [0.25, 0.3) is 5.91 Å². The normalized spacial score (nSPS) is 13.7. The van der Waals surface area contributed by atoms with Gasteiger partial charge >= 0.3 is 0 Å². The second-order valence-corrected chi connectivity index (χ2v) is 7.29. The summed E-state index contributed by atoms with van der Waals surface area (Å²) in [6.07, 6.45) is 4.64. The van der Waals surface area contributed by atoms with Crippen molar-refractivity contribution >= 4 is 23.0 Å². The van der Waals surface area contributed by atoms with Crippen molar-refractivity contribution in [3.8, 4) is 0 Å². The van der Waals surface area contributed by atoms with Crippen LogP contribution in [0.4, 0.5) is 11.4 Å². The number of amides is 1. The Morgan fingerprint density at radius 2 is 1.90 bits per heavy atom. The Morgan fingerprint density at radius 1 is 1.14 bits per heavy atom. The van der Waals surface area contributed by atoms with Gasteiger partial charge in [0, 0.05) is 26.8 Å². The van der Waals surface area contributed by atoms with E-state index >= 15 is 0 Å². The first-order valence-electron chi connectivity index (χ1n) is 9.66. The van der Waals surface area contributed by atoms with Gasteiger partial charge in [0.2, 0.25) is 0 Å². The molecular formula is C22H28N6O. The summed E-state index contributed by atoms with van der Waals surface area (Å²) in [6.45, 7) is 3.96. The number of hydrogen-bond acceptors (Lipinski definition) is 5. The van der Waals surface area contributed by atoms with Crippen LogP contribution in [0.2, 0.25) is 0 Å². The van der Waals surface area contributed by atoms with Crippen molar-refractivity contribution in [3.05, 3.63) is 77.6 Å². The number of likely N-dealkylation sites (tertiary alicyclic amines) is 1. The largest absolute Gasteiger partial charge is 0.398 e. The van der Waals surface area contributed by atoms with Crippen molar-refractivity contribution in [2.45, 2.75) is 19.5 Å². The van der Waals surface area contributed by atoms with Gasteiger partial charge < -0.3 is 11.1 Å². The van der Waals surface area contributed by atoms with Crippen LogP contribution in [0.25, 0.3) is 0 Å². The third-order valence-electron chi connectivity index (χ3n) is 5.04. The number of benzene rings is 2. The molecule has 1 aliphatic heterocycles. The molecule has 1 aliphatic rings. The van der Waals surface area contributed by atoms with Gasteiger partial charge in [-0.25, -0.2) is 0 Å². The van der Waals surface area contributed by atoms with Gasteiger partial charge in [0.15, 0.2) is 0 Å². The molecule has 152 valence electrons. The molecule has 29 heavy (non-hydrogen) atoms. The molecule has 0 atom stereocenters. The summed E-state index contributed by atoms with van der Waals surface area (Å²) < 4.78 is 1.78. The van der Waals surface area contributed by atoms with Crippen LogP contribution in [-0.4, -0.2) is 39.4 Å². The van der Waals surface area contributed by atoms with Gasteiger partial charge in [-0.15, -0.1) is 0 Å². The number of anilines is 2. The number of nitrogens with zero attached hydrogens (tertiary/aromatic N) is 3. The number of aromatic nitrogens is 2. The van der Waals surface area contributed by atoms with Gasteiger partial charge in [0.1, 0.15) is 5.71 Å². The van der Waals surface area contributed by atoms with E-state index in [1.54, 1.807) is 41.3 Å². The molecule has 2 aromatic carbocycles. The highest BCUT2D eigenvalue weighted by atomic mass is 16.1.